The van der Waals surface area contributed by atoms with E-state index in [0.29, 0.717) is 24.0 Å². The van der Waals surface area contributed by atoms with Gasteiger partial charge in [0.15, 0.2) is 11.5 Å². The van der Waals surface area contributed by atoms with Crippen LogP contribution in [-0.4, -0.2) is 43.8 Å². The molecule has 1 aliphatic heterocycles. The van der Waals surface area contributed by atoms with Crippen molar-refractivity contribution in [2.75, 3.05) is 13.1 Å². The van der Waals surface area contributed by atoms with Crippen LogP contribution in [0.3, 0.4) is 0 Å². The highest BCUT2D eigenvalue weighted by Crippen LogP contribution is 2.31. The highest BCUT2D eigenvalue weighted by Gasteiger charge is 2.33. The molecular formula is C21H23N5O2. The molecule has 3 heterocycles. The maximum Gasteiger partial charge on any atom is 0.274 e. The van der Waals surface area contributed by atoms with Gasteiger partial charge in [0.1, 0.15) is 0 Å². The maximum absolute atomic E-state index is 13.4. The summed E-state index contributed by atoms with van der Waals surface area (Å²) in [6, 6.07) is 10.1. The topological polar surface area (TPSA) is 77.0 Å². The van der Waals surface area contributed by atoms with Crippen LogP contribution in [0.2, 0.25) is 0 Å². The number of para-hydroxylation sites is 1. The van der Waals surface area contributed by atoms with Crippen LogP contribution in [0, 0.1) is 6.92 Å². The number of nitrogens with zero attached hydrogens (tertiary/aromatic N) is 5. The number of carbonyl (C=O) groups excluding carboxylic acids is 1. The van der Waals surface area contributed by atoms with Gasteiger partial charge in [0.25, 0.3) is 5.91 Å². The van der Waals surface area contributed by atoms with Crippen LogP contribution in [0.4, 0.5) is 0 Å². The van der Waals surface area contributed by atoms with Gasteiger partial charge in [-0.2, -0.15) is 10.1 Å². The van der Waals surface area contributed by atoms with Gasteiger partial charge in [-0.25, -0.2) is 4.68 Å². The minimum atomic E-state index is 0.0220. The fourth-order valence-corrected chi connectivity index (χ4v) is 4.38. The Morgan fingerprint density at radius 3 is 2.82 bits per heavy atom. The van der Waals surface area contributed by atoms with E-state index in [9.17, 15) is 4.79 Å². The molecule has 0 saturated carbocycles. The number of amides is 1. The third kappa shape index (κ3) is 2.91. The van der Waals surface area contributed by atoms with E-state index in [1.54, 1.807) is 0 Å². The molecule has 1 aliphatic carbocycles. The van der Waals surface area contributed by atoms with Gasteiger partial charge in [-0.15, -0.1) is 0 Å². The van der Waals surface area contributed by atoms with Crippen LogP contribution < -0.4 is 0 Å². The molecule has 5 rings (SSSR count). The minimum Gasteiger partial charge on any atom is -0.339 e. The van der Waals surface area contributed by atoms with Crippen molar-refractivity contribution < 1.29 is 9.32 Å². The summed E-state index contributed by atoms with van der Waals surface area (Å²) in [5, 5.41) is 8.65. The van der Waals surface area contributed by atoms with Crippen LogP contribution >= 0.6 is 0 Å². The zero-order valence-electron chi connectivity index (χ0n) is 16.0. The average molecular weight is 377 g/mol. The molecule has 0 N–H and O–H groups in total. The first-order valence-corrected chi connectivity index (χ1v) is 9.96. The van der Waals surface area contributed by atoms with Crippen molar-refractivity contribution in [1.29, 1.82) is 0 Å². The van der Waals surface area contributed by atoms with Gasteiger partial charge in [0.2, 0.25) is 5.89 Å². The van der Waals surface area contributed by atoms with Gasteiger partial charge in [0, 0.05) is 24.3 Å². The van der Waals surface area contributed by atoms with Crippen molar-refractivity contribution in [3.8, 4) is 5.69 Å². The summed E-state index contributed by atoms with van der Waals surface area (Å²) in [4.78, 5) is 19.6. The quantitative estimate of drug-likeness (QED) is 0.701. The monoisotopic (exact) mass is 377 g/mol. The molecule has 1 saturated heterocycles. The smallest absolute Gasteiger partial charge is 0.274 e. The molecule has 0 bridgehead atoms. The first kappa shape index (κ1) is 17.2. The van der Waals surface area contributed by atoms with Gasteiger partial charge < -0.3 is 9.42 Å². The van der Waals surface area contributed by atoms with E-state index in [0.717, 1.165) is 49.9 Å². The Labute approximate surface area is 163 Å². The standard InChI is InChI=1S/C21H23N5O2/c1-14-22-20(28-24-14)15-7-6-12-25(13-15)21(27)19-17-10-5-11-18(17)26(23-19)16-8-3-2-4-9-16/h2-4,8-9,15H,5-7,10-13H2,1H3. The summed E-state index contributed by atoms with van der Waals surface area (Å²) in [7, 11) is 0. The normalized spacial score (nSPS) is 19.0. The number of hydrogen-bond acceptors (Lipinski definition) is 5. The maximum atomic E-state index is 13.4. The van der Waals surface area contributed by atoms with Crippen molar-refractivity contribution in [3.63, 3.8) is 0 Å². The fraction of sp³-hybridized carbons (Fsp3) is 0.429. The first-order chi connectivity index (χ1) is 13.7. The van der Waals surface area contributed by atoms with Crippen molar-refractivity contribution in [2.24, 2.45) is 0 Å². The molecule has 144 valence electrons. The highest BCUT2D eigenvalue weighted by molar-refractivity contribution is 5.94. The van der Waals surface area contributed by atoms with Gasteiger partial charge in [0.05, 0.1) is 11.6 Å². The molecule has 1 atom stereocenters. The zero-order valence-corrected chi connectivity index (χ0v) is 16.0. The molecule has 1 fully saturated rings. The largest absolute Gasteiger partial charge is 0.339 e. The number of rotatable bonds is 3. The minimum absolute atomic E-state index is 0.0220. The Hall–Kier alpha value is -2.96. The summed E-state index contributed by atoms with van der Waals surface area (Å²) in [6.07, 6.45) is 4.85. The van der Waals surface area contributed by atoms with E-state index >= 15 is 0 Å². The second kappa shape index (κ2) is 6.89. The summed E-state index contributed by atoms with van der Waals surface area (Å²) in [5.74, 6) is 1.39. The molecule has 0 spiro atoms. The van der Waals surface area contributed by atoms with E-state index in [4.69, 9.17) is 9.62 Å². The van der Waals surface area contributed by atoms with Crippen molar-refractivity contribution in [1.82, 2.24) is 24.8 Å². The highest BCUT2D eigenvalue weighted by atomic mass is 16.5. The lowest BCUT2D eigenvalue weighted by Gasteiger charge is -2.30. The van der Waals surface area contributed by atoms with E-state index in [2.05, 4.69) is 10.1 Å². The van der Waals surface area contributed by atoms with Crippen LogP contribution in [-0.2, 0) is 12.8 Å². The molecule has 7 heteroatoms. The first-order valence-electron chi connectivity index (χ1n) is 9.96. The number of fused-ring (bicyclic) bond motifs is 1. The Morgan fingerprint density at radius 1 is 1.18 bits per heavy atom. The van der Waals surface area contributed by atoms with Crippen LogP contribution in [0.1, 0.15) is 58.6 Å². The zero-order chi connectivity index (χ0) is 19.1. The second-order valence-corrected chi connectivity index (χ2v) is 7.64. The third-order valence-corrected chi connectivity index (χ3v) is 5.73. The molecule has 1 amide bonds. The lowest BCUT2D eigenvalue weighted by molar-refractivity contribution is 0.0688. The predicted molar refractivity (Wildman–Crippen MR) is 103 cm³/mol. The molecule has 1 unspecified atom stereocenters. The fourth-order valence-electron chi connectivity index (χ4n) is 4.38. The van der Waals surface area contributed by atoms with Gasteiger partial charge in [-0.05, 0) is 51.2 Å². The Kier molecular flexibility index (Phi) is 4.22. The molecule has 2 aromatic heterocycles. The Bertz CT molecular complexity index is 1010. The molecule has 1 aromatic carbocycles. The third-order valence-electron chi connectivity index (χ3n) is 5.73. The number of hydrogen-bond donors (Lipinski definition) is 0. The molecule has 3 aromatic rings. The summed E-state index contributed by atoms with van der Waals surface area (Å²) in [5.41, 5.74) is 3.91. The van der Waals surface area contributed by atoms with E-state index in [-0.39, 0.29) is 11.8 Å². The number of aryl methyl sites for hydroxylation is 1. The Morgan fingerprint density at radius 2 is 2.04 bits per heavy atom. The SMILES string of the molecule is Cc1noc(C2CCCN(C(=O)c3nn(-c4ccccc4)c4c3CCC4)C2)n1. The van der Waals surface area contributed by atoms with Gasteiger partial charge >= 0.3 is 0 Å². The van der Waals surface area contributed by atoms with Crippen molar-refractivity contribution >= 4 is 5.91 Å². The number of benzene rings is 1. The van der Waals surface area contributed by atoms with Crippen LogP contribution in [0.15, 0.2) is 34.9 Å². The Balaban J connectivity index is 1.44. The summed E-state index contributed by atoms with van der Waals surface area (Å²) >= 11 is 0. The number of aromatic nitrogens is 4. The summed E-state index contributed by atoms with van der Waals surface area (Å²) < 4.78 is 7.31. The van der Waals surface area contributed by atoms with E-state index in [1.807, 2.05) is 46.8 Å². The lowest BCUT2D eigenvalue weighted by atomic mass is 9.97. The predicted octanol–water partition coefficient (Wildman–Crippen LogP) is 3.07. The molecule has 28 heavy (non-hydrogen) atoms. The second-order valence-electron chi connectivity index (χ2n) is 7.64. The van der Waals surface area contributed by atoms with E-state index < -0.39 is 0 Å². The number of piperidine rings is 1. The van der Waals surface area contributed by atoms with Crippen molar-refractivity contribution in [3.05, 3.63) is 59.0 Å². The number of carbonyl (C=O) groups is 1. The van der Waals surface area contributed by atoms with E-state index in [1.165, 1.54) is 5.69 Å². The summed E-state index contributed by atoms with van der Waals surface area (Å²) in [6.45, 7) is 3.17. The molecule has 7 nitrogen and oxygen atoms in total. The van der Waals surface area contributed by atoms with Gasteiger partial charge in [-0.3, -0.25) is 4.79 Å². The van der Waals surface area contributed by atoms with Crippen molar-refractivity contribution in [2.45, 2.75) is 44.9 Å². The van der Waals surface area contributed by atoms with Crippen LogP contribution in [0.25, 0.3) is 5.69 Å². The average Bonchev–Trinajstić information content (AvgIpc) is 3.45. The molecule has 2 aliphatic rings. The molecular weight excluding hydrogens is 354 g/mol. The number of likely N-dealkylation sites (tertiary alicyclic amines) is 1. The van der Waals surface area contributed by atoms with Crippen LogP contribution in [0.5, 0.6) is 0 Å². The molecule has 0 radical (unpaired) electrons. The lowest BCUT2D eigenvalue weighted by Crippen LogP contribution is -2.39. The van der Waals surface area contributed by atoms with Gasteiger partial charge in [-0.1, -0.05) is 23.4 Å².